The molecule has 0 atom stereocenters. The van der Waals surface area contributed by atoms with Gasteiger partial charge in [0, 0.05) is 44.8 Å². The molecule has 2 aliphatic rings. The van der Waals surface area contributed by atoms with Crippen LogP contribution in [0.1, 0.15) is 44.9 Å². The molecule has 6 nitrogen and oxygen atoms in total. The van der Waals surface area contributed by atoms with E-state index in [0.29, 0.717) is 51.5 Å². The summed E-state index contributed by atoms with van der Waals surface area (Å²) in [5.41, 5.74) is 0.906. The molecule has 8 heteroatoms. The second-order valence-electron chi connectivity index (χ2n) is 8.07. The number of hydrogen-bond donors (Lipinski definition) is 1. The van der Waals surface area contributed by atoms with Gasteiger partial charge in [0.2, 0.25) is 15.9 Å². The Balaban J connectivity index is 1.33. The van der Waals surface area contributed by atoms with Crippen molar-refractivity contribution in [2.45, 2.75) is 44.9 Å². The predicted molar refractivity (Wildman–Crippen MR) is 113 cm³/mol. The van der Waals surface area contributed by atoms with Crippen LogP contribution in [0.15, 0.2) is 24.3 Å². The van der Waals surface area contributed by atoms with E-state index in [2.05, 4.69) is 10.2 Å². The zero-order chi connectivity index (χ0) is 20.7. The van der Waals surface area contributed by atoms with E-state index in [1.165, 1.54) is 42.1 Å². The predicted octanol–water partition coefficient (Wildman–Crippen LogP) is 2.75. The SMILES string of the molecule is O=C(CCC1CCCC1)NCCCS(=O)(=O)N1CCN(c2ccc(F)cc2)CC1. The van der Waals surface area contributed by atoms with E-state index in [9.17, 15) is 17.6 Å². The summed E-state index contributed by atoms with van der Waals surface area (Å²) >= 11 is 0. The van der Waals surface area contributed by atoms with E-state index in [0.717, 1.165) is 12.1 Å². The molecule has 0 radical (unpaired) electrons. The van der Waals surface area contributed by atoms with Gasteiger partial charge in [-0.3, -0.25) is 4.79 Å². The fourth-order valence-electron chi connectivity index (χ4n) is 4.21. The molecule has 0 aromatic heterocycles. The minimum atomic E-state index is -3.32. The van der Waals surface area contributed by atoms with E-state index in [-0.39, 0.29) is 17.5 Å². The highest BCUT2D eigenvalue weighted by Crippen LogP contribution is 2.28. The van der Waals surface area contributed by atoms with E-state index < -0.39 is 10.0 Å². The molecule has 0 bridgehead atoms. The van der Waals surface area contributed by atoms with E-state index in [1.807, 2.05) is 0 Å². The monoisotopic (exact) mass is 425 g/mol. The van der Waals surface area contributed by atoms with Crippen LogP contribution in [0.5, 0.6) is 0 Å². The average Bonchev–Trinajstić information content (AvgIpc) is 3.24. The van der Waals surface area contributed by atoms with Crippen molar-refractivity contribution in [1.82, 2.24) is 9.62 Å². The number of carbonyl (C=O) groups is 1. The second kappa shape index (κ2) is 10.4. The van der Waals surface area contributed by atoms with Crippen molar-refractivity contribution in [2.24, 2.45) is 5.92 Å². The number of halogens is 1. The lowest BCUT2D eigenvalue weighted by Gasteiger charge is -2.35. The minimum Gasteiger partial charge on any atom is -0.369 e. The van der Waals surface area contributed by atoms with Crippen LogP contribution in [0.4, 0.5) is 10.1 Å². The number of benzene rings is 1. The minimum absolute atomic E-state index is 0.0298. The molecule has 1 aromatic carbocycles. The van der Waals surface area contributed by atoms with Crippen LogP contribution in [0.2, 0.25) is 0 Å². The largest absolute Gasteiger partial charge is 0.369 e. The van der Waals surface area contributed by atoms with Crippen LogP contribution < -0.4 is 10.2 Å². The van der Waals surface area contributed by atoms with E-state index in [1.54, 1.807) is 12.1 Å². The highest BCUT2D eigenvalue weighted by atomic mass is 32.2. The van der Waals surface area contributed by atoms with Crippen molar-refractivity contribution in [3.05, 3.63) is 30.1 Å². The Morgan fingerprint density at radius 2 is 1.72 bits per heavy atom. The number of nitrogens with zero attached hydrogens (tertiary/aromatic N) is 2. The van der Waals surface area contributed by atoms with Gasteiger partial charge in [0.15, 0.2) is 0 Å². The Hall–Kier alpha value is -1.67. The number of rotatable bonds is 9. The Labute approximate surface area is 173 Å². The molecule has 0 spiro atoms. The number of sulfonamides is 1. The Morgan fingerprint density at radius 3 is 2.38 bits per heavy atom. The first-order valence-electron chi connectivity index (χ1n) is 10.7. The van der Waals surface area contributed by atoms with Gasteiger partial charge in [0.25, 0.3) is 0 Å². The molecule has 1 N–H and O–H groups in total. The second-order valence-corrected chi connectivity index (χ2v) is 10.2. The van der Waals surface area contributed by atoms with Gasteiger partial charge in [0.05, 0.1) is 5.75 Å². The van der Waals surface area contributed by atoms with Crippen molar-refractivity contribution in [1.29, 1.82) is 0 Å². The molecule has 3 rings (SSSR count). The molecule has 1 aliphatic heterocycles. The molecular weight excluding hydrogens is 393 g/mol. The first-order chi connectivity index (χ1) is 13.9. The Kier molecular flexibility index (Phi) is 7.89. The lowest BCUT2D eigenvalue weighted by molar-refractivity contribution is -0.121. The highest BCUT2D eigenvalue weighted by molar-refractivity contribution is 7.89. The summed E-state index contributed by atoms with van der Waals surface area (Å²) in [7, 11) is -3.32. The fraction of sp³-hybridized carbons (Fsp3) is 0.667. The van der Waals surface area contributed by atoms with Crippen LogP contribution in [0.25, 0.3) is 0 Å². The van der Waals surface area contributed by atoms with Gasteiger partial charge in [0.1, 0.15) is 5.82 Å². The molecule has 0 unspecified atom stereocenters. The third-order valence-electron chi connectivity index (χ3n) is 5.98. The third-order valence-corrected chi connectivity index (χ3v) is 7.94. The molecule has 29 heavy (non-hydrogen) atoms. The number of hydrogen-bond acceptors (Lipinski definition) is 4. The van der Waals surface area contributed by atoms with E-state index in [4.69, 9.17) is 0 Å². The first kappa shape index (κ1) is 22.0. The topological polar surface area (TPSA) is 69.7 Å². The number of carbonyl (C=O) groups excluding carboxylic acids is 1. The van der Waals surface area contributed by atoms with Crippen molar-refractivity contribution in [3.8, 4) is 0 Å². The van der Waals surface area contributed by atoms with Gasteiger partial charge in [-0.2, -0.15) is 4.31 Å². The van der Waals surface area contributed by atoms with E-state index >= 15 is 0 Å². The maximum Gasteiger partial charge on any atom is 0.220 e. The fourth-order valence-corrected chi connectivity index (χ4v) is 5.70. The molecule has 1 saturated heterocycles. The summed E-state index contributed by atoms with van der Waals surface area (Å²) in [6.07, 6.45) is 6.95. The first-order valence-corrected chi connectivity index (χ1v) is 12.3. The quantitative estimate of drug-likeness (QED) is 0.618. The molecule has 1 aliphatic carbocycles. The van der Waals surface area contributed by atoms with Crippen molar-refractivity contribution in [3.63, 3.8) is 0 Å². The molecular formula is C21H32FN3O3S. The highest BCUT2D eigenvalue weighted by Gasteiger charge is 2.26. The van der Waals surface area contributed by atoms with Crippen LogP contribution >= 0.6 is 0 Å². The molecule has 162 valence electrons. The Bertz CT molecular complexity index is 756. The van der Waals surface area contributed by atoms with Gasteiger partial charge in [-0.05, 0) is 43.0 Å². The zero-order valence-corrected chi connectivity index (χ0v) is 17.8. The molecule has 1 heterocycles. The van der Waals surface area contributed by atoms with Gasteiger partial charge in [-0.1, -0.05) is 25.7 Å². The summed E-state index contributed by atoms with van der Waals surface area (Å²) in [5.74, 6) is 0.490. The van der Waals surface area contributed by atoms with Crippen LogP contribution in [0, 0.1) is 11.7 Å². The number of anilines is 1. The van der Waals surface area contributed by atoms with Crippen LogP contribution in [0.3, 0.4) is 0 Å². The molecule has 1 saturated carbocycles. The molecule has 1 aromatic rings. The Morgan fingerprint density at radius 1 is 1.07 bits per heavy atom. The number of amides is 1. The van der Waals surface area contributed by atoms with Gasteiger partial charge in [-0.25, -0.2) is 12.8 Å². The summed E-state index contributed by atoms with van der Waals surface area (Å²) in [4.78, 5) is 14.0. The lowest BCUT2D eigenvalue weighted by Crippen LogP contribution is -2.49. The summed E-state index contributed by atoms with van der Waals surface area (Å²) < 4.78 is 39.7. The third kappa shape index (κ3) is 6.67. The van der Waals surface area contributed by atoms with Crippen molar-refractivity contribution in [2.75, 3.05) is 43.4 Å². The standard InChI is InChI=1S/C21H32FN3O3S/c22-19-7-9-20(10-8-19)24-13-15-25(16-14-24)29(27,28)17-3-12-23-21(26)11-6-18-4-1-2-5-18/h7-10,18H,1-6,11-17H2,(H,23,26). The van der Waals surface area contributed by atoms with Crippen LogP contribution in [-0.4, -0.2) is 57.1 Å². The van der Waals surface area contributed by atoms with Gasteiger partial charge < -0.3 is 10.2 Å². The maximum absolute atomic E-state index is 13.1. The van der Waals surface area contributed by atoms with Crippen molar-refractivity contribution >= 4 is 21.6 Å². The molecule has 1 amide bonds. The normalized spacial score (nSPS) is 18.9. The maximum atomic E-state index is 13.1. The summed E-state index contributed by atoms with van der Waals surface area (Å²) in [6.45, 7) is 2.42. The summed E-state index contributed by atoms with van der Waals surface area (Å²) in [6, 6.07) is 6.27. The summed E-state index contributed by atoms with van der Waals surface area (Å²) in [5, 5.41) is 2.85. The number of piperazine rings is 1. The van der Waals surface area contributed by atoms with Crippen molar-refractivity contribution < 1.29 is 17.6 Å². The molecule has 2 fully saturated rings. The van der Waals surface area contributed by atoms with Gasteiger partial charge >= 0.3 is 0 Å². The number of nitrogens with one attached hydrogen (secondary N) is 1. The van der Waals surface area contributed by atoms with Crippen LogP contribution in [-0.2, 0) is 14.8 Å². The van der Waals surface area contributed by atoms with Gasteiger partial charge in [-0.15, -0.1) is 0 Å². The average molecular weight is 426 g/mol. The zero-order valence-electron chi connectivity index (χ0n) is 17.0. The lowest BCUT2D eigenvalue weighted by atomic mass is 10.0. The smallest absolute Gasteiger partial charge is 0.220 e.